The minimum atomic E-state index is -1.83. The van der Waals surface area contributed by atoms with Gasteiger partial charge in [0.25, 0.3) is 0 Å². The van der Waals surface area contributed by atoms with Crippen molar-refractivity contribution in [1.29, 1.82) is 0 Å². The Labute approximate surface area is 117 Å². The van der Waals surface area contributed by atoms with E-state index in [2.05, 4.69) is 5.10 Å². The number of aromatic nitrogens is 2. The summed E-state index contributed by atoms with van der Waals surface area (Å²) >= 11 is 6.12. The molecule has 0 aliphatic rings. The van der Waals surface area contributed by atoms with Gasteiger partial charge in [-0.15, -0.1) is 0 Å². The summed E-state index contributed by atoms with van der Waals surface area (Å²) < 4.78 is 17.0. The van der Waals surface area contributed by atoms with Crippen molar-refractivity contribution >= 4 is 11.6 Å². The van der Waals surface area contributed by atoms with E-state index in [9.17, 15) is 0 Å². The Kier molecular flexibility index (Phi) is 3.92. The second-order valence-electron chi connectivity index (χ2n) is 4.75. The Bertz CT molecular complexity index is 553. The Hall–Kier alpha value is -1.39. The van der Waals surface area contributed by atoms with Gasteiger partial charge in [0.05, 0.1) is 11.2 Å². The van der Waals surface area contributed by atoms with E-state index in [0.717, 1.165) is 0 Å². The lowest BCUT2D eigenvalue weighted by molar-refractivity contribution is 0.211. The quantitative estimate of drug-likeness (QED) is 0.934. The smallest absolute Gasteiger partial charge is 0.190 e. The summed E-state index contributed by atoms with van der Waals surface area (Å²) in [5.74, 6) is 0. The summed E-state index contributed by atoms with van der Waals surface area (Å²) in [6.07, 6.45) is 1.46. The molecule has 2 rings (SSSR count). The van der Waals surface area contributed by atoms with Gasteiger partial charge in [-0.05, 0) is 19.4 Å². The number of rotatable bonds is 4. The fraction of sp³-hybridized carbons (Fsp3) is 0.357. The molecule has 1 heterocycles. The van der Waals surface area contributed by atoms with Crippen LogP contribution in [0.25, 0.3) is 0 Å². The van der Waals surface area contributed by atoms with Gasteiger partial charge in [0, 0.05) is 12.6 Å². The van der Waals surface area contributed by atoms with Gasteiger partial charge in [0.2, 0.25) is 0 Å². The van der Waals surface area contributed by atoms with Gasteiger partial charge in [0.15, 0.2) is 5.67 Å². The van der Waals surface area contributed by atoms with Crippen LogP contribution in [0, 0.1) is 0 Å². The summed E-state index contributed by atoms with van der Waals surface area (Å²) in [4.78, 5) is 0. The SMILES string of the molecule is CC(C)n1ncc(Cl)c1C(F)(CN)c1ccccc1. The molecule has 2 aromatic rings. The molecule has 0 amide bonds. The van der Waals surface area contributed by atoms with Crippen LogP contribution in [0.1, 0.15) is 31.1 Å². The first-order valence-electron chi connectivity index (χ1n) is 6.18. The van der Waals surface area contributed by atoms with Crippen molar-refractivity contribution in [1.82, 2.24) is 9.78 Å². The second kappa shape index (κ2) is 5.31. The van der Waals surface area contributed by atoms with E-state index in [1.54, 1.807) is 28.9 Å². The molecule has 0 bridgehead atoms. The predicted octanol–water partition coefficient (Wildman–Crippen LogP) is 3.29. The molecule has 3 nitrogen and oxygen atoms in total. The van der Waals surface area contributed by atoms with E-state index in [1.165, 1.54) is 6.20 Å². The molecular weight excluding hydrogens is 265 g/mol. The molecule has 0 saturated heterocycles. The standard InChI is InChI=1S/C14H17ClFN3/c1-10(2)19-13(12(15)8-18-19)14(16,9-17)11-6-4-3-5-7-11/h3-8,10H,9,17H2,1-2H3. The zero-order chi connectivity index (χ0) is 14.0. The van der Waals surface area contributed by atoms with Gasteiger partial charge in [-0.1, -0.05) is 41.9 Å². The number of benzene rings is 1. The average molecular weight is 282 g/mol. The van der Waals surface area contributed by atoms with Crippen LogP contribution >= 0.6 is 11.6 Å². The second-order valence-corrected chi connectivity index (χ2v) is 5.16. The molecule has 2 N–H and O–H groups in total. The van der Waals surface area contributed by atoms with Crippen molar-refractivity contribution in [3.05, 3.63) is 52.8 Å². The molecule has 0 spiro atoms. The van der Waals surface area contributed by atoms with Crippen LogP contribution in [0.5, 0.6) is 0 Å². The first-order chi connectivity index (χ1) is 9.00. The number of nitrogens with two attached hydrogens (primary N) is 1. The zero-order valence-electron chi connectivity index (χ0n) is 11.0. The fourth-order valence-electron chi connectivity index (χ4n) is 2.16. The zero-order valence-corrected chi connectivity index (χ0v) is 11.7. The van der Waals surface area contributed by atoms with Gasteiger partial charge in [0.1, 0.15) is 5.69 Å². The van der Waals surface area contributed by atoms with Crippen LogP contribution in [0.3, 0.4) is 0 Å². The normalized spacial score (nSPS) is 14.6. The molecule has 0 radical (unpaired) electrons. The summed E-state index contributed by atoms with van der Waals surface area (Å²) in [6.45, 7) is 3.67. The summed E-state index contributed by atoms with van der Waals surface area (Å²) in [6, 6.07) is 8.82. The number of alkyl halides is 1. The van der Waals surface area contributed by atoms with Gasteiger partial charge in [-0.2, -0.15) is 5.10 Å². The lowest BCUT2D eigenvalue weighted by Crippen LogP contribution is -2.35. The summed E-state index contributed by atoms with van der Waals surface area (Å²) in [5, 5.41) is 4.44. The Morgan fingerprint density at radius 1 is 1.37 bits per heavy atom. The topological polar surface area (TPSA) is 43.8 Å². The lowest BCUT2D eigenvalue weighted by atomic mass is 9.92. The molecule has 1 aromatic carbocycles. The van der Waals surface area contributed by atoms with Crippen molar-refractivity contribution < 1.29 is 4.39 Å². The van der Waals surface area contributed by atoms with Gasteiger partial charge in [-0.3, -0.25) is 4.68 Å². The van der Waals surface area contributed by atoms with Crippen LogP contribution in [-0.4, -0.2) is 16.3 Å². The molecule has 0 aliphatic carbocycles. The lowest BCUT2D eigenvalue weighted by Gasteiger charge is -2.27. The molecule has 19 heavy (non-hydrogen) atoms. The molecule has 1 unspecified atom stereocenters. The number of hydrogen-bond acceptors (Lipinski definition) is 2. The van der Waals surface area contributed by atoms with E-state index in [0.29, 0.717) is 16.3 Å². The first kappa shape index (κ1) is 14.0. The summed E-state index contributed by atoms with van der Waals surface area (Å²) in [5.41, 5.74) is 4.66. The highest BCUT2D eigenvalue weighted by Crippen LogP contribution is 2.38. The first-order valence-corrected chi connectivity index (χ1v) is 6.56. The van der Waals surface area contributed by atoms with E-state index < -0.39 is 5.67 Å². The monoisotopic (exact) mass is 281 g/mol. The highest BCUT2D eigenvalue weighted by atomic mass is 35.5. The van der Waals surface area contributed by atoms with Crippen LogP contribution in [0.2, 0.25) is 5.02 Å². The van der Waals surface area contributed by atoms with Crippen molar-refractivity contribution in [2.45, 2.75) is 25.6 Å². The van der Waals surface area contributed by atoms with Crippen LogP contribution in [0.4, 0.5) is 4.39 Å². The number of hydrogen-bond donors (Lipinski definition) is 1. The maximum Gasteiger partial charge on any atom is 0.190 e. The van der Waals surface area contributed by atoms with Crippen LogP contribution < -0.4 is 5.73 Å². The fourth-order valence-corrected chi connectivity index (χ4v) is 2.44. The number of halogens is 2. The molecular formula is C14H17ClFN3. The van der Waals surface area contributed by atoms with Gasteiger partial charge >= 0.3 is 0 Å². The Morgan fingerprint density at radius 3 is 2.53 bits per heavy atom. The van der Waals surface area contributed by atoms with Crippen molar-refractivity contribution in [2.75, 3.05) is 6.54 Å². The molecule has 0 saturated carbocycles. The largest absolute Gasteiger partial charge is 0.327 e. The minimum absolute atomic E-state index is 0.00730. The molecule has 102 valence electrons. The van der Waals surface area contributed by atoms with Crippen LogP contribution in [-0.2, 0) is 5.67 Å². The molecule has 1 atom stereocenters. The Balaban J connectivity index is 2.63. The van der Waals surface area contributed by atoms with E-state index in [-0.39, 0.29) is 12.6 Å². The highest BCUT2D eigenvalue weighted by molar-refractivity contribution is 6.31. The van der Waals surface area contributed by atoms with Gasteiger partial charge in [-0.25, -0.2) is 4.39 Å². The van der Waals surface area contributed by atoms with Crippen molar-refractivity contribution in [2.24, 2.45) is 5.73 Å². The molecule has 0 fully saturated rings. The molecule has 1 aromatic heterocycles. The maximum absolute atomic E-state index is 15.4. The molecule has 5 heteroatoms. The third kappa shape index (κ3) is 2.38. The average Bonchev–Trinajstić information content (AvgIpc) is 2.81. The maximum atomic E-state index is 15.4. The van der Waals surface area contributed by atoms with Crippen molar-refractivity contribution in [3.63, 3.8) is 0 Å². The van der Waals surface area contributed by atoms with Crippen LogP contribution in [0.15, 0.2) is 36.5 Å². The predicted molar refractivity (Wildman–Crippen MR) is 75.0 cm³/mol. The van der Waals surface area contributed by atoms with Gasteiger partial charge < -0.3 is 5.73 Å². The molecule has 0 aliphatic heterocycles. The highest BCUT2D eigenvalue weighted by Gasteiger charge is 2.38. The van der Waals surface area contributed by atoms with E-state index in [1.807, 2.05) is 19.9 Å². The van der Waals surface area contributed by atoms with E-state index >= 15 is 4.39 Å². The number of nitrogens with zero attached hydrogens (tertiary/aromatic N) is 2. The van der Waals surface area contributed by atoms with E-state index in [4.69, 9.17) is 17.3 Å². The van der Waals surface area contributed by atoms with Crippen molar-refractivity contribution in [3.8, 4) is 0 Å². The third-order valence-electron chi connectivity index (χ3n) is 3.13. The Morgan fingerprint density at radius 2 is 2.00 bits per heavy atom. The summed E-state index contributed by atoms with van der Waals surface area (Å²) in [7, 11) is 0. The minimum Gasteiger partial charge on any atom is -0.327 e. The third-order valence-corrected chi connectivity index (χ3v) is 3.40.